The van der Waals surface area contributed by atoms with Crippen molar-refractivity contribution >= 4 is 11.6 Å². The number of halogens is 1. The second kappa shape index (κ2) is 6.68. The molecule has 126 valence electrons. The van der Waals surface area contributed by atoms with Crippen molar-refractivity contribution in [1.29, 1.82) is 5.26 Å². The molecule has 0 bridgehead atoms. The van der Waals surface area contributed by atoms with Crippen LogP contribution in [0, 0.1) is 17.2 Å². The molecule has 0 spiro atoms. The molecule has 2 rings (SSSR count). The van der Waals surface area contributed by atoms with Crippen molar-refractivity contribution in [1.82, 2.24) is 4.90 Å². The first kappa shape index (κ1) is 18.1. The van der Waals surface area contributed by atoms with E-state index in [1.807, 2.05) is 27.0 Å². The maximum Gasteiger partial charge on any atom is 0.131 e. The predicted molar refractivity (Wildman–Crippen MR) is 91.7 cm³/mol. The molecule has 3 atom stereocenters. The van der Waals surface area contributed by atoms with Gasteiger partial charge in [-0.1, -0.05) is 13.8 Å². The summed E-state index contributed by atoms with van der Waals surface area (Å²) in [5, 5.41) is 20.1. The number of ether oxygens (including phenoxy) is 1. The first-order valence-electron chi connectivity index (χ1n) is 7.92. The molecule has 1 N–H and O–H groups in total. The minimum Gasteiger partial charge on any atom is -0.485 e. The molecular formula is C18H25ClN2O2. The van der Waals surface area contributed by atoms with Gasteiger partial charge in [-0.25, -0.2) is 0 Å². The summed E-state index contributed by atoms with van der Waals surface area (Å²) in [5.41, 5.74) is 0.687. The molecule has 0 aliphatic carbocycles. The first-order chi connectivity index (χ1) is 10.7. The average Bonchev–Trinajstić information content (AvgIpc) is 2.48. The molecule has 0 amide bonds. The Morgan fingerprint density at radius 3 is 2.61 bits per heavy atom. The molecule has 0 saturated carbocycles. The fraction of sp³-hybridized carbons (Fsp3) is 0.611. The summed E-state index contributed by atoms with van der Waals surface area (Å²) in [6.45, 7) is 8.00. The predicted octanol–water partition coefficient (Wildman–Crippen LogP) is 3.33. The lowest BCUT2D eigenvalue weighted by molar-refractivity contribution is -0.0971. The molecular weight excluding hydrogens is 312 g/mol. The smallest absolute Gasteiger partial charge is 0.131 e. The van der Waals surface area contributed by atoms with E-state index in [4.69, 9.17) is 16.3 Å². The van der Waals surface area contributed by atoms with Crippen LogP contribution in [0.25, 0.3) is 0 Å². The molecule has 4 nitrogen and oxygen atoms in total. The Bertz CT molecular complexity index is 610. The van der Waals surface area contributed by atoms with E-state index in [0.29, 0.717) is 23.1 Å². The van der Waals surface area contributed by atoms with Gasteiger partial charge < -0.3 is 9.84 Å². The second-order valence-corrected chi connectivity index (χ2v) is 7.40. The molecule has 0 unspecified atom stereocenters. The summed E-state index contributed by atoms with van der Waals surface area (Å²) >= 11 is 6.17. The van der Waals surface area contributed by atoms with Crippen LogP contribution in [0.2, 0.25) is 0 Å². The van der Waals surface area contributed by atoms with Gasteiger partial charge in [0.15, 0.2) is 0 Å². The monoisotopic (exact) mass is 336 g/mol. The number of hydrogen-bond acceptors (Lipinski definition) is 4. The summed E-state index contributed by atoms with van der Waals surface area (Å²) in [6.07, 6.45) is -0.724. The normalized spacial score (nSPS) is 24.0. The number of aliphatic hydroxyl groups is 1. The van der Waals surface area contributed by atoms with Gasteiger partial charge in [-0.15, -0.1) is 11.6 Å². The largest absolute Gasteiger partial charge is 0.485 e. The maximum absolute atomic E-state index is 10.9. The van der Waals surface area contributed by atoms with Gasteiger partial charge in [0.05, 0.1) is 17.7 Å². The minimum absolute atomic E-state index is 0.115. The van der Waals surface area contributed by atoms with E-state index in [1.54, 1.807) is 12.1 Å². The molecule has 1 aromatic carbocycles. The van der Waals surface area contributed by atoms with E-state index < -0.39 is 11.7 Å². The van der Waals surface area contributed by atoms with Gasteiger partial charge in [0.25, 0.3) is 0 Å². The highest BCUT2D eigenvalue weighted by Gasteiger charge is 2.46. The van der Waals surface area contributed by atoms with Crippen molar-refractivity contribution in [3.05, 3.63) is 29.3 Å². The van der Waals surface area contributed by atoms with Crippen LogP contribution in [0.5, 0.6) is 5.75 Å². The maximum atomic E-state index is 10.9. The van der Waals surface area contributed by atoms with E-state index in [1.165, 1.54) is 0 Å². The Labute approximate surface area is 143 Å². The third-order valence-corrected chi connectivity index (χ3v) is 5.05. The van der Waals surface area contributed by atoms with Crippen LogP contribution in [0.15, 0.2) is 18.2 Å². The Hall–Kier alpha value is -1.28. The van der Waals surface area contributed by atoms with Gasteiger partial charge >= 0.3 is 0 Å². The van der Waals surface area contributed by atoms with Crippen molar-refractivity contribution in [3.8, 4) is 11.8 Å². The molecule has 0 saturated heterocycles. The SMILES string of the molecule is CC(C)[C@@H](CCl)N(C)[C@H]1c2cc(C#N)ccc2OC(C)(C)[C@@H]1O. The highest BCUT2D eigenvalue weighted by Crippen LogP contribution is 2.43. The number of benzene rings is 1. The van der Waals surface area contributed by atoms with E-state index in [2.05, 4.69) is 24.8 Å². The van der Waals surface area contributed by atoms with Gasteiger partial charge in [0.1, 0.15) is 17.5 Å². The Balaban J connectivity index is 2.54. The number of nitriles is 1. The molecule has 1 aliphatic heterocycles. The van der Waals surface area contributed by atoms with Gasteiger partial charge in [-0.3, -0.25) is 4.90 Å². The lowest BCUT2D eigenvalue weighted by Gasteiger charge is -2.47. The topological polar surface area (TPSA) is 56.5 Å². The van der Waals surface area contributed by atoms with Crippen LogP contribution in [0.3, 0.4) is 0 Å². The number of alkyl halides is 1. The third kappa shape index (κ3) is 3.33. The van der Waals surface area contributed by atoms with Crippen LogP contribution >= 0.6 is 11.6 Å². The fourth-order valence-electron chi connectivity index (χ4n) is 3.24. The van der Waals surface area contributed by atoms with Gasteiger partial charge in [-0.2, -0.15) is 5.26 Å². The van der Waals surface area contributed by atoms with Crippen LogP contribution in [0.4, 0.5) is 0 Å². The van der Waals surface area contributed by atoms with E-state index >= 15 is 0 Å². The zero-order valence-corrected chi connectivity index (χ0v) is 15.1. The van der Waals surface area contributed by atoms with Crippen LogP contribution in [-0.4, -0.2) is 40.7 Å². The zero-order valence-electron chi connectivity index (χ0n) is 14.4. The standard InChI is InChI=1S/C18H25ClN2O2/c1-11(2)14(9-19)21(5)16-13-8-12(10-20)6-7-15(13)23-18(3,4)17(16)22/h6-8,11,14,16-17,22H,9H2,1-5H3/t14-,16+,17-/m1/s1. The molecule has 5 heteroatoms. The number of aliphatic hydroxyl groups excluding tert-OH is 1. The Morgan fingerprint density at radius 1 is 1.43 bits per heavy atom. The number of rotatable bonds is 4. The molecule has 1 aromatic rings. The Morgan fingerprint density at radius 2 is 2.09 bits per heavy atom. The van der Waals surface area contributed by atoms with Crippen molar-refractivity contribution in [3.63, 3.8) is 0 Å². The molecule has 0 aromatic heterocycles. The third-order valence-electron chi connectivity index (χ3n) is 4.73. The lowest BCUT2D eigenvalue weighted by atomic mass is 9.84. The van der Waals surface area contributed by atoms with Crippen molar-refractivity contribution in [2.24, 2.45) is 5.92 Å². The summed E-state index contributed by atoms with van der Waals surface area (Å²) in [7, 11) is 1.98. The number of hydrogen-bond donors (Lipinski definition) is 1. The fourth-order valence-corrected chi connectivity index (χ4v) is 3.82. The lowest BCUT2D eigenvalue weighted by Crippen LogP contribution is -2.55. The minimum atomic E-state index is -0.724. The highest BCUT2D eigenvalue weighted by molar-refractivity contribution is 6.18. The van der Waals surface area contributed by atoms with E-state index in [-0.39, 0.29) is 12.1 Å². The van der Waals surface area contributed by atoms with Gasteiger partial charge in [-0.05, 0) is 45.0 Å². The zero-order chi connectivity index (χ0) is 17.4. The van der Waals surface area contributed by atoms with Crippen molar-refractivity contribution < 1.29 is 9.84 Å². The van der Waals surface area contributed by atoms with Gasteiger partial charge in [0, 0.05) is 17.5 Å². The summed E-state index contributed by atoms with van der Waals surface area (Å²) in [4.78, 5) is 2.12. The van der Waals surface area contributed by atoms with E-state index in [0.717, 1.165) is 5.56 Å². The Kier molecular flexibility index (Phi) is 5.25. The summed E-state index contributed by atoms with van der Waals surface area (Å²) in [6, 6.07) is 7.36. The van der Waals surface area contributed by atoms with Crippen molar-refractivity contribution in [2.75, 3.05) is 12.9 Å². The molecule has 0 radical (unpaired) electrons. The molecule has 1 aliphatic rings. The first-order valence-corrected chi connectivity index (χ1v) is 8.45. The summed E-state index contributed by atoms with van der Waals surface area (Å²) in [5.74, 6) is 1.54. The second-order valence-electron chi connectivity index (χ2n) is 7.09. The van der Waals surface area contributed by atoms with Crippen LogP contribution in [0.1, 0.15) is 44.9 Å². The number of fused-ring (bicyclic) bond motifs is 1. The van der Waals surface area contributed by atoms with Gasteiger partial charge in [0.2, 0.25) is 0 Å². The van der Waals surface area contributed by atoms with Crippen molar-refractivity contribution in [2.45, 2.75) is 51.5 Å². The molecule has 0 fully saturated rings. The van der Waals surface area contributed by atoms with Crippen LogP contribution in [-0.2, 0) is 0 Å². The van der Waals surface area contributed by atoms with E-state index in [9.17, 15) is 10.4 Å². The summed E-state index contributed by atoms with van der Waals surface area (Å²) < 4.78 is 5.97. The van der Waals surface area contributed by atoms with Crippen LogP contribution < -0.4 is 4.74 Å². The molecule has 23 heavy (non-hydrogen) atoms. The average molecular weight is 337 g/mol. The number of likely N-dealkylation sites (N-methyl/N-ethyl adjacent to an activating group) is 1. The highest BCUT2D eigenvalue weighted by atomic mass is 35.5. The molecule has 1 heterocycles. The quantitative estimate of drug-likeness (QED) is 0.857. The number of nitrogens with zero attached hydrogens (tertiary/aromatic N) is 2.